The number of pyridine rings is 1. The van der Waals surface area contributed by atoms with E-state index in [-0.39, 0.29) is 53.1 Å². The van der Waals surface area contributed by atoms with Gasteiger partial charge >= 0.3 is 6.09 Å². The molecule has 3 aliphatic rings. The summed E-state index contributed by atoms with van der Waals surface area (Å²) >= 11 is 3.34. The van der Waals surface area contributed by atoms with Crippen molar-refractivity contribution in [3.63, 3.8) is 0 Å². The Morgan fingerprint density at radius 1 is 1.15 bits per heavy atom. The summed E-state index contributed by atoms with van der Waals surface area (Å²) in [6, 6.07) is 8.00. The quantitative estimate of drug-likeness (QED) is 0.306. The lowest BCUT2D eigenvalue weighted by Crippen LogP contribution is -2.47. The Balaban J connectivity index is 1.24. The van der Waals surface area contributed by atoms with Gasteiger partial charge in [-0.3, -0.25) is 19.1 Å². The van der Waals surface area contributed by atoms with Crippen LogP contribution in [0.5, 0.6) is 5.75 Å². The predicted octanol–water partition coefficient (Wildman–Crippen LogP) is 3.97. The van der Waals surface area contributed by atoms with Crippen molar-refractivity contribution in [1.29, 1.82) is 0 Å². The molecule has 3 fully saturated rings. The van der Waals surface area contributed by atoms with Gasteiger partial charge in [0.05, 0.1) is 5.52 Å². The van der Waals surface area contributed by atoms with Crippen molar-refractivity contribution in [1.82, 2.24) is 25.0 Å². The number of carbonyl (C=O) groups excluding carboxylic acids is 4. The Bertz CT molecular complexity index is 1580. The lowest BCUT2D eigenvalue weighted by molar-refractivity contribution is -0.138. The molecule has 6 rings (SSSR count). The first-order valence-electron chi connectivity index (χ1n) is 13.3. The SMILES string of the molecule is CC(=O)c1nn(CC(=O)N2[C@H](C(=O)Nc3nc(Br)ccc3C)C[C@@]3(C)C[C@@H]23)c2ccc(OC(=O)NC3CC3)cc12. The third-order valence-corrected chi connectivity index (χ3v) is 8.42. The molecule has 3 atom stereocenters. The molecular weight excluding hydrogens is 580 g/mol. The van der Waals surface area contributed by atoms with Gasteiger partial charge in [0.2, 0.25) is 11.8 Å². The van der Waals surface area contributed by atoms with E-state index >= 15 is 0 Å². The van der Waals surface area contributed by atoms with E-state index in [0.29, 0.717) is 27.7 Å². The molecule has 40 heavy (non-hydrogen) atoms. The fraction of sp³-hybridized carbons (Fsp3) is 0.429. The number of nitrogens with one attached hydrogen (secondary N) is 2. The van der Waals surface area contributed by atoms with E-state index in [1.807, 2.05) is 13.0 Å². The zero-order chi connectivity index (χ0) is 28.3. The lowest BCUT2D eigenvalue weighted by Gasteiger charge is -2.27. The van der Waals surface area contributed by atoms with Crippen LogP contribution >= 0.6 is 15.9 Å². The molecule has 1 aromatic carbocycles. The molecule has 2 N–H and O–H groups in total. The first-order valence-corrected chi connectivity index (χ1v) is 14.1. The number of aromatic nitrogens is 3. The van der Waals surface area contributed by atoms with Crippen LogP contribution in [0.4, 0.5) is 10.6 Å². The number of amides is 3. The highest BCUT2D eigenvalue weighted by Gasteiger charge is 2.64. The van der Waals surface area contributed by atoms with E-state index in [0.717, 1.165) is 24.8 Å². The first-order chi connectivity index (χ1) is 19.0. The fourth-order valence-corrected chi connectivity index (χ4v) is 5.84. The number of piperidine rings is 1. The third kappa shape index (κ3) is 4.96. The van der Waals surface area contributed by atoms with E-state index < -0.39 is 12.1 Å². The first kappa shape index (κ1) is 26.4. The predicted molar refractivity (Wildman–Crippen MR) is 149 cm³/mol. The number of aryl methyl sites for hydroxylation is 1. The van der Waals surface area contributed by atoms with Crippen LogP contribution in [0.3, 0.4) is 0 Å². The summed E-state index contributed by atoms with van der Waals surface area (Å²) < 4.78 is 7.47. The Kier molecular flexibility index (Phi) is 6.40. The van der Waals surface area contributed by atoms with Crippen LogP contribution in [0.25, 0.3) is 10.9 Å². The summed E-state index contributed by atoms with van der Waals surface area (Å²) in [4.78, 5) is 57.7. The minimum absolute atomic E-state index is 0.0357. The number of hydrogen-bond donors (Lipinski definition) is 2. The minimum Gasteiger partial charge on any atom is -0.410 e. The molecule has 0 radical (unpaired) electrons. The molecule has 2 saturated carbocycles. The highest BCUT2D eigenvalue weighted by Crippen LogP contribution is 2.59. The number of halogens is 1. The van der Waals surface area contributed by atoms with E-state index in [9.17, 15) is 19.2 Å². The lowest BCUT2D eigenvalue weighted by atomic mass is 10.0. The molecule has 2 aromatic heterocycles. The molecular formula is C28H29BrN6O5. The molecule has 12 heteroatoms. The van der Waals surface area contributed by atoms with Gasteiger partial charge in [0.1, 0.15) is 34.5 Å². The number of hydrogen-bond acceptors (Lipinski definition) is 7. The number of carbonyl (C=O) groups is 4. The molecule has 3 amide bonds. The number of nitrogens with zero attached hydrogens (tertiary/aromatic N) is 4. The van der Waals surface area contributed by atoms with E-state index in [4.69, 9.17) is 4.74 Å². The van der Waals surface area contributed by atoms with Crippen LogP contribution in [0.15, 0.2) is 34.9 Å². The molecule has 208 valence electrons. The van der Waals surface area contributed by atoms with Crippen LogP contribution in [0, 0.1) is 12.3 Å². The molecule has 2 aliphatic carbocycles. The summed E-state index contributed by atoms with van der Waals surface area (Å²) in [5, 5.41) is 10.6. The number of fused-ring (bicyclic) bond motifs is 2. The zero-order valence-electron chi connectivity index (χ0n) is 22.4. The van der Waals surface area contributed by atoms with E-state index in [1.54, 1.807) is 29.2 Å². The zero-order valence-corrected chi connectivity index (χ0v) is 23.9. The number of likely N-dealkylation sites (tertiary alicyclic amines) is 1. The monoisotopic (exact) mass is 608 g/mol. The molecule has 1 aliphatic heterocycles. The molecule has 0 bridgehead atoms. The van der Waals surface area contributed by atoms with Gasteiger partial charge in [-0.25, -0.2) is 9.78 Å². The maximum Gasteiger partial charge on any atom is 0.412 e. The summed E-state index contributed by atoms with van der Waals surface area (Å²) in [7, 11) is 0. The number of Topliss-reactive ketones (excluding diaryl/α,β-unsaturated/α-hetero) is 1. The van der Waals surface area contributed by atoms with Gasteiger partial charge in [-0.05, 0) is 83.8 Å². The standard InChI is InChI=1S/C28H29BrN6O5/c1-14-4-9-22(29)31-25(14)32-26(38)20-11-28(3)12-21(28)35(20)23(37)13-34-19-8-7-17(40-27(39)30-16-5-6-16)10-18(19)24(33-34)15(2)36/h4,7-10,16,20-21H,5-6,11-13H2,1-3H3,(H,30,39)(H,31,32,38)/t20-,21+,28-/m0/s1. The third-order valence-electron chi connectivity index (χ3n) is 7.98. The number of ether oxygens (including phenoxy) is 1. The Labute approximate surface area is 238 Å². The van der Waals surface area contributed by atoms with Crippen molar-refractivity contribution in [2.24, 2.45) is 5.41 Å². The normalized spacial score (nSPS) is 23.1. The average molecular weight is 609 g/mol. The van der Waals surface area contributed by atoms with Gasteiger partial charge in [-0.15, -0.1) is 0 Å². The minimum atomic E-state index is -0.643. The molecule has 3 aromatic rings. The number of rotatable bonds is 7. The van der Waals surface area contributed by atoms with Crippen molar-refractivity contribution in [2.75, 3.05) is 5.32 Å². The highest BCUT2D eigenvalue weighted by atomic mass is 79.9. The smallest absolute Gasteiger partial charge is 0.410 e. The summed E-state index contributed by atoms with van der Waals surface area (Å²) in [5.41, 5.74) is 1.44. The van der Waals surface area contributed by atoms with Crippen molar-refractivity contribution < 1.29 is 23.9 Å². The largest absolute Gasteiger partial charge is 0.412 e. The summed E-state index contributed by atoms with van der Waals surface area (Å²) in [5.74, 6) is -0.0858. The number of benzene rings is 1. The van der Waals surface area contributed by atoms with Crippen LogP contribution < -0.4 is 15.4 Å². The second kappa shape index (κ2) is 9.69. The molecule has 11 nitrogen and oxygen atoms in total. The molecule has 3 heterocycles. The van der Waals surface area contributed by atoms with Crippen molar-refractivity contribution >= 4 is 56.3 Å². The maximum absolute atomic E-state index is 13.7. The Morgan fingerprint density at radius 2 is 1.93 bits per heavy atom. The van der Waals surface area contributed by atoms with Crippen molar-refractivity contribution in [3.8, 4) is 5.75 Å². The summed E-state index contributed by atoms with van der Waals surface area (Å²) in [6.45, 7) is 5.20. The summed E-state index contributed by atoms with van der Waals surface area (Å²) in [6.07, 6.45) is 2.71. The Morgan fingerprint density at radius 3 is 2.65 bits per heavy atom. The van der Waals surface area contributed by atoms with Gasteiger partial charge in [0.15, 0.2) is 5.78 Å². The maximum atomic E-state index is 13.7. The highest BCUT2D eigenvalue weighted by molar-refractivity contribution is 9.10. The van der Waals surface area contributed by atoms with Crippen LogP contribution in [-0.2, 0) is 16.1 Å². The number of ketones is 1. The van der Waals surface area contributed by atoms with Gasteiger partial charge in [-0.1, -0.05) is 13.0 Å². The van der Waals surface area contributed by atoms with Crippen molar-refractivity contribution in [3.05, 3.63) is 46.2 Å². The van der Waals surface area contributed by atoms with Gasteiger partial charge < -0.3 is 20.3 Å². The van der Waals surface area contributed by atoms with E-state index in [1.165, 1.54) is 11.6 Å². The number of anilines is 1. The van der Waals surface area contributed by atoms with Gasteiger partial charge in [0.25, 0.3) is 0 Å². The average Bonchev–Trinajstić information content (AvgIpc) is 3.77. The second-order valence-corrected chi connectivity index (χ2v) is 12.0. The van der Waals surface area contributed by atoms with Crippen LogP contribution in [-0.4, -0.2) is 61.5 Å². The Hall–Kier alpha value is -3.80. The topological polar surface area (TPSA) is 136 Å². The fourth-order valence-electron chi connectivity index (χ4n) is 5.53. The second-order valence-electron chi connectivity index (χ2n) is 11.2. The van der Waals surface area contributed by atoms with Crippen LogP contribution in [0.2, 0.25) is 0 Å². The molecule has 0 unspecified atom stereocenters. The van der Waals surface area contributed by atoms with E-state index in [2.05, 4.69) is 43.6 Å². The molecule has 0 spiro atoms. The van der Waals surface area contributed by atoms with Crippen LogP contribution in [0.1, 0.15) is 55.6 Å². The van der Waals surface area contributed by atoms with Crippen molar-refractivity contribution in [2.45, 2.75) is 71.1 Å². The van der Waals surface area contributed by atoms with Gasteiger partial charge in [0, 0.05) is 24.4 Å². The molecule has 1 saturated heterocycles. The van der Waals surface area contributed by atoms with Gasteiger partial charge in [-0.2, -0.15) is 5.10 Å².